The average Bonchev–Trinajstić information content (AvgIpc) is 3.19. The first-order valence-corrected chi connectivity index (χ1v) is 11.2. The highest BCUT2D eigenvalue weighted by Crippen LogP contribution is 2.29. The molecule has 1 aromatic carbocycles. The molecule has 1 aliphatic heterocycles. The molecular weight excluding hydrogens is 445 g/mol. The lowest BCUT2D eigenvalue weighted by atomic mass is 9.94. The normalized spacial score (nSPS) is 21.6. The molecule has 1 fully saturated rings. The summed E-state index contributed by atoms with van der Waals surface area (Å²) in [6, 6.07) is 4.32. The van der Waals surface area contributed by atoms with Crippen LogP contribution in [0.15, 0.2) is 29.4 Å². The molecule has 0 saturated carbocycles. The summed E-state index contributed by atoms with van der Waals surface area (Å²) in [4.78, 5) is 27.5. The largest absolute Gasteiger partial charge is 0.444 e. The molecule has 34 heavy (non-hydrogen) atoms. The van der Waals surface area contributed by atoms with Gasteiger partial charge in [0.2, 0.25) is 5.91 Å². The summed E-state index contributed by atoms with van der Waals surface area (Å²) >= 11 is 0. The summed E-state index contributed by atoms with van der Waals surface area (Å²) in [5, 5.41) is 15.6. The van der Waals surface area contributed by atoms with E-state index in [4.69, 9.17) is 14.2 Å². The van der Waals surface area contributed by atoms with E-state index in [1.807, 2.05) is 0 Å². The van der Waals surface area contributed by atoms with Gasteiger partial charge in [-0.1, -0.05) is 24.2 Å². The van der Waals surface area contributed by atoms with Gasteiger partial charge in [0, 0.05) is 19.8 Å². The minimum absolute atomic E-state index is 0.185. The van der Waals surface area contributed by atoms with Crippen LogP contribution in [-0.4, -0.2) is 78.5 Å². The van der Waals surface area contributed by atoms with Gasteiger partial charge >= 0.3 is 6.09 Å². The molecule has 1 saturated heterocycles. The van der Waals surface area contributed by atoms with E-state index in [9.17, 15) is 19.2 Å². The third kappa shape index (κ3) is 6.89. The van der Waals surface area contributed by atoms with Crippen molar-refractivity contribution in [3.8, 4) is 0 Å². The third-order valence-corrected chi connectivity index (χ3v) is 5.84. The third-order valence-electron chi connectivity index (χ3n) is 5.84. The Labute approximate surface area is 200 Å². The summed E-state index contributed by atoms with van der Waals surface area (Å²) in [5.74, 6) is -1.44. The molecule has 0 radical (unpaired) electrons. The van der Waals surface area contributed by atoms with Crippen molar-refractivity contribution in [3.05, 3.63) is 35.6 Å². The molecule has 0 spiro atoms. The van der Waals surface area contributed by atoms with Crippen LogP contribution in [0.1, 0.15) is 46.6 Å². The summed E-state index contributed by atoms with van der Waals surface area (Å²) < 4.78 is 30.0. The van der Waals surface area contributed by atoms with Crippen LogP contribution in [0.3, 0.4) is 0 Å². The van der Waals surface area contributed by atoms with Gasteiger partial charge in [0.1, 0.15) is 17.1 Å². The number of hydrogen-bond donors (Lipinski definition) is 2. The molecule has 10 heteroatoms. The molecule has 2 rings (SSSR count). The van der Waals surface area contributed by atoms with Crippen molar-refractivity contribution in [2.45, 2.75) is 70.9 Å². The molecule has 1 aromatic rings. The van der Waals surface area contributed by atoms with Crippen LogP contribution in [-0.2, 0) is 19.0 Å². The Morgan fingerprint density at radius 2 is 1.82 bits per heavy atom. The lowest BCUT2D eigenvalue weighted by molar-refractivity contribution is -0.131. The number of rotatable bonds is 8. The number of likely N-dealkylation sites (tertiary alicyclic amines) is 1. The van der Waals surface area contributed by atoms with E-state index in [0.29, 0.717) is 18.5 Å². The first-order valence-electron chi connectivity index (χ1n) is 11.2. The Kier molecular flexibility index (Phi) is 9.40. The topological polar surface area (TPSA) is 110 Å². The molecule has 2 N–H and O–H groups in total. The Balaban J connectivity index is 2.16. The number of nitrogens with zero attached hydrogens (tertiary/aromatic N) is 2. The summed E-state index contributed by atoms with van der Waals surface area (Å²) in [6.45, 7) is 9.06. The fraction of sp³-hybridized carbons (Fsp3) is 0.625. The SMILES string of the molecule is CO[C@@H]1C[C@H]([C@H](OC)[C@@H](C)C(=O)NC(C)C(=NO)c2ccc(F)cc2)N(C(=O)OC(C)(C)C)C1. The van der Waals surface area contributed by atoms with Gasteiger partial charge in [0.25, 0.3) is 0 Å². The van der Waals surface area contributed by atoms with Gasteiger partial charge in [0.05, 0.1) is 36.8 Å². The maximum Gasteiger partial charge on any atom is 0.410 e. The van der Waals surface area contributed by atoms with Crippen molar-refractivity contribution < 1.29 is 33.4 Å². The standard InChI is InChI=1S/C24H36FN3O6/c1-14(22(29)26-15(2)20(27-31)16-8-10-17(25)11-9-16)21(33-7)19-12-18(32-6)13-28(19)23(30)34-24(3,4)5/h8-11,14-15,18-19,21,31H,12-13H2,1-7H3,(H,26,29)/t14-,15?,18-,19-,21-/m1/s1. The van der Waals surface area contributed by atoms with Crippen molar-refractivity contribution in [2.75, 3.05) is 20.8 Å². The van der Waals surface area contributed by atoms with E-state index in [0.717, 1.165) is 0 Å². The van der Waals surface area contributed by atoms with E-state index in [-0.39, 0.29) is 17.7 Å². The van der Waals surface area contributed by atoms with Crippen LogP contribution < -0.4 is 5.32 Å². The van der Waals surface area contributed by atoms with Gasteiger partial charge in [-0.3, -0.25) is 9.69 Å². The molecule has 2 amide bonds. The summed E-state index contributed by atoms with van der Waals surface area (Å²) in [5.41, 5.74) is -0.0126. The first kappa shape index (κ1) is 27.5. The van der Waals surface area contributed by atoms with Gasteiger partial charge in [-0.25, -0.2) is 9.18 Å². The number of methoxy groups -OCH3 is 2. The number of oxime groups is 1. The van der Waals surface area contributed by atoms with E-state index in [2.05, 4.69) is 10.5 Å². The van der Waals surface area contributed by atoms with Gasteiger partial charge in [-0.2, -0.15) is 0 Å². The van der Waals surface area contributed by atoms with Gasteiger partial charge in [-0.05, 0) is 46.2 Å². The molecule has 5 atom stereocenters. The highest BCUT2D eigenvalue weighted by Gasteiger charge is 2.45. The number of nitrogens with one attached hydrogen (secondary N) is 1. The number of ether oxygens (including phenoxy) is 3. The Hall–Kier alpha value is -2.72. The smallest absolute Gasteiger partial charge is 0.410 e. The monoisotopic (exact) mass is 481 g/mol. The molecule has 0 aromatic heterocycles. The number of amides is 2. The van der Waals surface area contributed by atoms with Crippen molar-refractivity contribution in [3.63, 3.8) is 0 Å². The van der Waals surface area contributed by atoms with E-state index in [1.165, 1.54) is 31.4 Å². The van der Waals surface area contributed by atoms with Gasteiger partial charge < -0.3 is 24.7 Å². The van der Waals surface area contributed by atoms with E-state index >= 15 is 0 Å². The zero-order valence-electron chi connectivity index (χ0n) is 20.9. The minimum Gasteiger partial charge on any atom is -0.444 e. The van der Waals surface area contributed by atoms with Crippen molar-refractivity contribution in [2.24, 2.45) is 11.1 Å². The zero-order chi connectivity index (χ0) is 25.6. The van der Waals surface area contributed by atoms with Crippen LogP contribution in [0.5, 0.6) is 0 Å². The van der Waals surface area contributed by atoms with Crippen LogP contribution in [0.2, 0.25) is 0 Å². The van der Waals surface area contributed by atoms with Crippen molar-refractivity contribution in [1.82, 2.24) is 10.2 Å². The zero-order valence-corrected chi connectivity index (χ0v) is 20.9. The second-order valence-corrected chi connectivity index (χ2v) is 9.50. The molecule has 1 unspecified atom stereocenters. The number of carbonyl (C=O) groups is 2. The van der Waals surface area contributed by atoms with Crippen LogP contribution in [0, 0.1) is 11.7 Å². The maximum absolute atomic E-state index is 13.2. The number of hydrogen-bond acceptors (Lipinski definition) is 7. The fourth-order valence-electron chi connectivity index (χ4n) is 4.11. The lowest BCUT2D eigenvalue weighted by Gasteiger charge is -2.34. The molecule has 1 heterocycles. The molecular formula is C24H36FN3O6. The van der Waals surface area contributed by atoms with Crippen LogP contribution >= 0.6 is 0 Å². The first-order chi connectivity index (χ1) is 15.9. The lowest BCUT2D eigenvalue weighted by Crippen LogP contribution is -2.52. The maximum atomic E-state index is 13.2. The van der Waals surface area contributed by atoms with E-state index < -0.39 is 41.6 Å². The van der Waals surface area contributed by atoms with Crippen molar-refractivity contribution in [1.29, 1.82) is 0 Å². The summed E-state index contributed by atoms with van der Waals surface area (Å²) in [7, 11) is 3.07. The fourth-order valence-corrected chi connectivity index (χ4v) is 4.11. The predicted molar refractivity (Wildman–Crippen MR) is 124 cm³/mol. The quantitative estimate of drug-likeness (QED) is 0.335. The average molecular weight is 482 g/mol. The second-order valence-electron chi connectivity index (χ2n) is 9.50. The van der Waals surface area contributed by atoms with Crippen molar-refractivity contribution >= 4 is 17.7 Å². The molecule has 190 valence electrons. The Morgan fingerprint density at radius 1 is 1.21 bits per heavy atom. The molecule has 0 aliphatic carbocycles. The van der Waals surface area contributed by atoms with Gasteiger partial charge in [0.15, 0.2) is 0 Å². The van der Waals surface area contributed by atoms with E-state index in [1.54, 1.807) is 46.6 Å². The highest BCUT2D eigenvalue weighted by atomic mass is 19.1. The minimum atomic E-state index is -0.672. The molecule has 1 aliphatic rings. The highest BCUT2D eigenvalue weighted by molar-refractivity contribution is 6.05. The predicted octanol–water partition coefficient (Wildman–Crippen LogP) is 3.18. The number of carbonyl (C=O) groups excluding carboxylic acids is 2. The summed E-state index contributed by atoms with van der Waals surface area (Å²) in [6.07, 6.45) is -0.859. The van der Waals surface area contributed by atoms with Gasteiger partial charge in [-0.15, -0.1) is 0 Å². The number of benzene rings is 1. The number of halogens is 1. The Bertz CT molecular complexity index is 870. The second kappa shape index (κ2) is 11.6. The molecule has 0 bridgehead atoms. The van der Waals surface area contributed by atoms with Crippen LogP contribution in [0.25, 0.3) is 0 Å². The van der Waals surface area contributed by atoms with Crippen LogP contribution in [0.4, 0.5) is 9.18 Å². The molecule has 9 nitrogen and oxygen atoms in total. The Morgan fingerprint density at radius 3 is 2.32 bits per heavy atom.